The molecule has 0 aliphatic heterocycles. The SMILES string of the molecule is Cc1cc(-c2ccc3ccccc3c2)nn1CCO. The van der Waals surface area contributed by atoms with Gasteiger partial charge in [0.05, 0.1) is 18.8 Å². The second-order valence-corrected chi connectivity index (χ2v) is 4.68. The molecule has 3 heteroatoms. The van der Waals surface area contributed by atoms with Gasteiger partial charge < -0.3 is 5.11 Å². The van der Waals surface area contributed by atoms with Crippen LogP contribution in [0.3, 0.4) is 0 Å². The first-order chi connectivity index (χ1) is 9.28. The molecular formula is C16H16N2O. The summed E-state index contributed by atoms with van der Waals surface area (Å²) in [5.74, 6) is 0. The average molecular weight is 252 g/mol. The van der Waals surface area contributed by atoms with Crippen LogP contribution in [0.4, 0.5) is 0 Å². The Labute approximate surface area is 112 Å². The predicted octanol–water partition coefficient (Wildman–Crippen LogP) is 3.00. The van der Waals surface area contributed by atoms with Crippen molar-refractivity contribution < 1.29 is 5.11 Å². The monoisotopic (exact) mass is 252 g/mol. The van der Waals surface area contributed by atoms with Gasteiger partial charge in [0.1, 0.15) is 0 Å². The smallest absolute Gasteiger partial charge is 0.0926 e. The van der Waals surface area contributed by atoms with Gasteiger partial charge in [0.25, 0.3) is 0 Å². The zero-order valence-electron chi connectivity index (χ0n) is 10.9. The zero-order chi connectivity index (χ0) is 13.2. The van der Waals surface area contributed by atoms with E-state index in [2.05, 4.69) is 41.5 Å². The van der Waals surface area contributed by atoms with Gasteiger partial charge in [0, 0.05) is 11.3 Å². The van der Waals surface area contributed by atoms with E-state index in [9.17, 15) is 0 Å². The maximum absolute atomic E-state index is 9.00. The number of aromatic nitrogens is 2. The Morgan fingerprint density at radius 1 is 1.05 bits per heavy atom. The van der Waals surface area contributed by atoms with E-state index in [4.69, 9.17) is 5.11 Å². The van der Waals surface area contributed by atoms with Crippen molar-refractivity contribution in [3.8, 4) is 11.3 Å². The number of nitrogens with zero attached hydrogens (tertiary/aromatic N) is 2. The van der Waals surface area contributed by atoms with Gasteiger partial charge in [0.15, 0.2) is 0 Å². The lowest BCUT2D eigenvalue weighted by Crippen LogP contribution is -2.05. The molecule has 2 aromatic carbocycles. The van der Waals surface area contributed by atoms with Crippen molar-refractivity contribution in [2.24, 2.45) is 0 Å². The van der Waals surface area contributed by atoms with Crippen LogP contribution in [-0.2, 0) is 6.54 Å². The predicted molar refractivity (Wildman–Crippen MR) is 77.0 cm³/mol. The van der Waals surface area contributed by atoms with Crippen LogP contribution in [0.15, 0.2) is 48.5 Å². The van der Waals surface area contributed by atoms with Crippen LogP contribution in [0.2, 0.25) is 0 Å². The largest absolute Gasteiger partial charge is 0.394 e. The molecule has 1 heterocycles. The number of hydrogen-bond acceptors (Lipinski definition) is 2. The Kier molecular flexibility index (Phi) is 3.05. The van der Waals surface area contributed by atoms with Crippen molar-refractivity contribution in [1.29, 1.82) is 0 Å². The van der Waals surface area contributed by atoms with Crippen LogP contribution in [0, 0.1) is 6.92 Å². The van der Waals surface area contributed by atoms with Gasteiger partial charge in [-0.05, 0) is 29.8 Å². The number of aliphatic hydroxyl groups excluding tert-OH is 1. The molecule has 0 unspecified atom stereocenters. The summed E-state index contributed by atoms with van der Waals surface area (Å²) >= 11 is 0. The molecule has 0 fully saturated rings. The molecule has 0 aliphatic carbocycles. The lowest BCUT2D eigenvalue weighted by Gasteiger charge is -2.01. The van der Waals surface area contributed by atoms with Crippen molar-refractivity contribution in [2.45, 2.75) is 13.5 Å². The van der Waals surface area contributed by atoms with E-state index in [1.165, 1.54) is 10.8 Å². The minimum absolute atomic E-state index is 0.111. The molecule has 3 rings (SSSR count). The summed E-state index contributed by atoms with van der Waals surface area (Å²) in [7, 11) is 0. The molecule has 0 bridgehead atoms. The summed E-state index contributed by atoms with van der Waals surface area (Å²) in [4.78, 5) is 0. The maximum atomic E-state index is 9.00. The Hall–Kier alpha value is -2.13. The second kappa shape index (κ2) is 4.86. The molecule has 1 aromatic heterocycles. The van der Waals surface area contributed by atoms with Crippen LogP contribution in [0.1, 0.15) is 5.69 Å². The van der Waals surface area contributed by atoms with Crippen LogP contribution < -0.4 is 0 Å². The van der Waals surface area contributed by atoms with Gasteiger partial charge in [0.2, 0.25) is 0 Å². The summed E-state index contributed by atoms with van der Waals surface area (Å²) in [6.07, 6.45) is 0. The minimum Gasteiger partial charge on any atom is -0.394 e. The highest BCUT2D eigenvalue weighted by molar-refractivity contribution is 5.86. The minimum atomic E-state index is 0.111. The molecular weight excluding hydrogens is 236 g/mol. The van der Waals surface area contributed by atoms with Crippen LogP contribution >= 0.6 is 0 Å². The molecule has 0 saturated carbocycles. The highest BCUT2D eigenvalue weighted by Crippen LogP contribution is 2.24. The number of aryl methyl sites for hydroxylation is 1. The quantitative estimate of drug-likeness (QED) is 0.778. The molecule has 0 aliphatic rings. The Morgan fingerprint density at radius 2 is 1.84 bits per heavy atom. The van der Waals surface area contributed by atoms with E-state index in [0.717, 1.165) is 17.0 Å². The topological polar surface area (TPSA) is 38.0 Å². The van der Waals surface area contributed by atoms with Gasteiger partial charge in [-0.15, -0.1) is 0 Å². The standard InChI is InChI=1S/C16H16N2O/c1-12-10-16(17-18(12)8-9-19)15-7-6-13-4-2-3-5-14(13)11-15/h2-7,10-11,19H,8-9H2,1H3. The molecule has 3 aromatic rings. The summed E-state index contributed by atoms with van der Waals surface area (Å²) in [5, 5.41) is 16.0. The molecule has 0 spiro atoms. The van der Waals surface area contributed by atoms with Crippen molar-refractivity contribution in [3.63, 3.8) is 0 Å². The maximum Gasteiger partial charge on any atom is 0.0926 e. The van der Waals surface area contributed by atoms with Crippen LogP contribution in [0.25, 0.3) is 22.0 Å². The summed E-state index contributed by atoms with van der Waals surface area (Å²) in [6.45, 7) is 2.66. The highest BCUT2D eigenvalue weighted by atomic mass is 16.3. The molecule has 1 N–H and O–H groups in total. The number of hydrogen-bond donors (Lipinski definition) is 1. The van der Waals surface area contributed by atoms with Gasteiger partial charge in [-0.3, -0.25) is 4.68 Å². The van der Waals surface area contributed by atoms with E-state index in [0.29, 0.717) is 6.54 Å². The van der Waals surface area contributed by atoms with Crippen molar-refractivity contribution in [2.75, 3.05) is 6.61 Å². The number of aliphatic hydroxyl groups is 1. The van der Waals surface area contributed by atoms with E-state index in [1.807, 2.05) is 23.7 Å². The first-order valence-corrected chi connectivity index (χ1v) is 6.42. The molecule has 19 heavy (non-hydrogen) atoms. The molecule has 96 valence electrons. The van der Waals surface area contributed by atoms with Crippen LogP contribution in [0.5, 0.6) is 0 Å². The van der Waals surface area contributed by atoms with Gasteiger partial charge in [-0.1, -0.05) is 36.4 Å². The second-order valence-electron chi connectivity index (χ2n) is 4.68. The molecule has 0 saturated heterocycles. The van der Waals surface area contributed by atoms with Crippen molar-refractivity contribution >= 4 is 10.8 Å². The summed E-state index contributed by atoms with van der Waals surface area (Å²) in [6, 6.07) is 16.7. The van der Waals surface area contributed by atoms with Crippen LogP contribution in [-0.4, -0.2) is 21.5 Å². The number of benzene rings is 2. The molecule has 0 amide bonds. The third kappa shape index (κ3) is 2.25. The number of rotatable bonds is 3. The lowest BCUT2D eigenvalue weighted by molar-refractivity contribution is 0.268. The van der Waals surface area contributed by atoms with E-state index >= 15 is 0 Å². The first kappa shape index (κ1) is 11.9. The first-order valence-electron chi connectivity index (χ1n) is 6.42. The normalized spacial score (nSPS) is 11.1. The highest BCUT2D eigenvalue weighted by Gasteiger charge is 2.06. The fourth-order valence-electron chi connectivity index (χ4n) is 2.32. The number of fused-ring (bicyclic) bond motifs is 1. The third-order valence-corrected chi connectivity index (χ3v) is 3.34. The van der Waals surface area contributed by atoms with E-state index in [1.54, 1.807) is 0 Å². The van der Waals surface area contributed by atoms with E-state index < -0.39 is 0 Å². The zero-order valence-corrected chi connectivity index (χ0v) is 10.9. The Balaban J connectivity index is 2.06. The third-order valence-electron chi connectivity index (χ3n) is 3.34. The van der Waals surface area contributed by atoms with Gasteiger partial charge in [-0.25, -0.2) is 0 Å². The van der Waals surface area contributed by atoms with Crippen molar-refractivity contribution in [3.05, 3.63) is 54.2 Å². The van der Waals surface area contributed by atoms with Gasteiger partial charge >= 0.3 is 0 Å². The Bertz CT molecular complexity index is 716. The summed E-state index contributed by atoms with van der Waals surface area (Å²) in [5.41, 5.74) is 3.13. The average Bonchev–Trinajstić information content (AvgIpc) is 2.80. The molecule has 0 radical (unpaired) electrons. The van der Waals surface area contributed by atoms with Crippen molar-refractivity contribution in [1.82, 2.24) is 9.78 Å². The Morgan fingerprint density at radius 3 is 2.63 bits per heavy atom. The molecule has 0 atom stereocenters. The van der Waals surface area contributed by atoms with Gasteiger partial charge in [-0.2, -0.15) is 5.10 Å². The fraction of sp³-hybridized carbons (Fsp3) is 0.188. The van der Waals surface area contributed by atoms with E-state index in [-0.39, 0.29) is 6.61 Å². The summed E-state index contributed by atoms with van der Waals surface area (Å²) < 4.78 is 1.84. The fourth-order valence-corrected chi connectivity index (χ4v) is 2.32. The lowest BCUT2D eigenvalue weighted by atomic mass is 10.1. The molecule has 3 nitrogen and oxygen atoms in total.